The van der Waals surface area contributed by atoms with E-state index in [2.05, 4.69) is 4.74 Å². The molecule has 0 atom stereocenters. The minimum atomic E-state index is -0.423. The lowest BCUT2D eigenvalue weighted by Gasteiger charge is -2.07. The van der Waals surface area contributed by atoms with Crippen LogP contribution in [0.2, 0.25) is 0 Å². The van der Waals surface area contributed by atoms with E-state index in [1.54, 1.807) is 24.3 Å². The fraction of sp³-hybridized carbons (Fsp3) is 0.214. The summed E-state index contributed by atoms with van der Waals surface area (Å²) >= 11 is 5.02. The van der Waals surface area contributed by atoms with Crippen molar-refractivity contribution < 1.29 is 23.5 Å². The highest BCUT2D eigenvalue weighted by molar-refractivity contribution is 7.71. The zero-order valence-electron chi connectivity index (χ0n) is 11.0. The molecule has 104 valence electrons. The van der Waals surface area contributed by atoms with E-state index >= 15 is 0 Å². The zero-order chi connectivity index (χ0) is 14.7. The molecule has 0 unspecified atom stereocenters. The van der Waals surface area contributed by atoms with Crippen molar-refractivity contribution in [2.45, 2.75) is 13.3 Å². The summed E-state index contributed by atoms with van der Waals surface area (Å²) in [6.07, 6.45) is 0.0971. The third-order valence-electron chi connectivity index (χ3n) is 2.63. The highest BCUT2D eigenvalue weighted by Crippen LogP contribution is 2.25. The van der Waals surface area contributed by atoms with Gasteiger partial charge in [0.2, 0.25) is 0 Å². The van der Waals surface area contributed by atoms with Crippen molar-refractivity contribution in [1.82, 2.24) is 0 Å². The van der Waals surface area contributed by atoms with Gasteiger partial charge in [0.25, 0.3) is 0 Å². The third kappa shape index (κ3) is 3.21. The van der Waals surface area contributed by atoms with Crippen LogP contribution in [-0.2, 0) is 20.7 Å². The number of benzene rings is 1. The number of methoxy groups -OCH3 is 1. The molecule has 0 saturated carbocycles. The third-order valence-corrected chi connectivity index (χ3v) is 2.83. The zero-order valence-corrected chi connectivity index (χ0v) is 11.8. The molecule has 0 radical (unpaired) electrons. The minimum absolute atomic E-state index is 0.0971. The van der Waals surface area contributed by atoms with E-state index in [-0.39, 0.29) is 17.1 Å². The molecule has 20 heavy (non-hydrogen) atoms. The first-order valence-electron chi connectivity index (χ1n) is 5.81. The van der Waals surface area contributed by atoms with Gasteiger partial charge >= 0.3 is 11.9 Å². The van der Waals surface area contributed by atoms with Crippen LogP contribution < -0.4 is 4.74 Å². The smallest absolute Gasteiger partial charge is 0.310 e. The van der Waals surface area contributed by atoms with E-state index in [9.17, 15) is 9.59 Å². The molecule has 0 aliphatic heterocycles. The van der Waals surface area contributed by atoms with E-state index in [1.165, 1.54) is 14.0 Å². The fourth-order valence-electron chi connectivity index (χ4n) is 1.81. The van der Waals surface area contributed by atoms with Crippen molar-refractivity contribution in [3.8, 4) is 5.75 Å². The van der Waals surface area contributed by atoms with Crippen LogP contribution in [0.5, 0.6) is 5.75 Å². The summed E-state index contributed by atoms with van der Waals surface area (Å²) in [5.41, 5.74) is 1.16. The first-order chi connectivity index (χ1) is 9.49. The molecule has 0 aliphatic carbocycles. The molecule has 0 amide bonds. The summed E-state index contributed by atoms with van der Waals surface area (Å²) in [6.45, 7) is 1.31. The summed E-state index contributed by atoms with van der Waals surface area (Å²) in [4.78, 5) is 22.3. The molecule has 1 aromatic carbocycles. The SMILES string of the molecule is COC(=O)Cc1cc(=S)oc2cc(OC(C)=O)ccc12. The molecule has 0 spiro atoms. The second kappa shape index (κ2) is 5.83. The standard InChI is InChI=1S/C14H12O5S/c1-8(15)18-10-3-4-11-9(5-13(16)17-2)6-14(20)19-12(11)7-10/h3-4,6-7H,5H2,1-2H3. The number of ether oxygens (including phenoxy) is 2. The van der Waals surface area contributed by atoms with Crippen LogP contribution >= 0.6 is 12.2 Å². The Labute approximate surface area is 120 Å². The summed E-state index contributed by atoms with van der Waals surface area (Å²) in [7, 11) is 1.32. The second-order valence-corrected chi connectivity index (χ2v) is 4.50. The number of esters is 2. The predicted octanol–water partition coefficient (Wildman–Crippen LogP) is 2.80. The average Bonchev–Trinajstić information content (AvgIpc) is 2.37. The van der Waals surface area contributed by atoms with Crippen LogP contribution in [0, 0.1) is 4.71 Å². The summed E-state index contributed by atoms with van der Waals surface area (Å²) in [6, 6.07) is 6.51. The molecule has 0 aliphatic rings. The van der Waals surface area contributed by atoms with Gasteiger partial charge in [-0.1, -0.05) is 0 Å². The van der Waals surface area contributed by atoms with Gasteiger partial charge in [-0.15, -0.1) is 0 Å². The Morgan fingerprint density at radius 3 is 2.70 bits per heavy atom. The number of fused-ring (bicyclic) bond motifs is 1. The first-order valence-corrected chi connectivity index (χ1v) is 6.22. The molecular weight excluding hydrogens is 280 g/mol. The van der Waals surface area contributed by atoms with E-state index in [0.29, 0.717) is 16.9 Å². The average molecular weight is 292 g/mol. The molecule has 2 aromatic rings. The van der Waals surface area contributed by atoms with Crippen LogP contribution in [0.3, 0.4) is 0 Å². The van der Waals surface area contributed by atoms with Crippen LogP contribution in [0.25, 0.3) is 11.0 Å². The topological polar surface area (TPSA) is 65.7 Å². The predicted molar refractivity (Wildman–Crippen MR) is 74.1 cm³/mol. The lowest BCUT2D eigenvalue weighted by Crippen LogP contribution is -2.05. The summed E-state index contributed by atoms with van der Waals surface area (Å²) in [5.74, 6) is -0.428. The molecule has 0 bridgehead atoms. The lowest BCUT2D eigenvalue weighted by atomic mass is 10.1. The summed E-state index contributed by atoms with van der Waals surface area (Å²) in [5, 5.41) is 0.722. The second-order valence-electron chi connectivity index (χ2n) is 4.10. The Morgan fingerprint density at radius 1 is 1.30 bits per heavy atom. The number of carbonyl (C=O) groups is 2. The number of rotatable bonds is 3. The van der Waals surface area contributed by atoms with Gasteiger partial charge in [-0.2, -0.15) is 0 Å². The van der Waals surface area contributed by atoms with Crippen LogP contribution in [0.15, 0.2) is 28.7 Å². The Bertz CT molecular complexity index is 732. The van der Waals surface area contributed by atoms with E-state index in [0.717, 1.165) is 5.39 Å². The minimum Gasteiger partial charge on any atom is -0.469 e. The van der Waals surface area contributed by atoms with Crippen molar-refractivity contribution in [2.24, 2.45) is 0 Å². The number of carbonyl (C=O) groups excluding carboxylic acids is 2. The Morgan fingerprint density at radius 2 is 2.05 bits per heavy atom. The maximum absolute atomic E-state index is 11.4. The first kappa shape index (κ1) is 14.2. The largest absolute Gasteiger partial charge is 0.469 e. The number of hydrogen-bond donors (Lipinski definition) is 0. The van der Waals surface area contributed by atoms with Gasteiger partial charge in [-0.05, 0) is 36.0 Å². The Kier molecular flexibility index (Phi) is 4.14. The molecular formula is C14H12O5S. The van der Waals surface area contributed by atoms with Crippen molar-refractivity contribution in [2.75, 3.05) is 7.11 Å². The summed E-state index contributed by atoms with van der Waals surface area (Å²) < 4.78 is 15.3. The monoisotopic (exact) mass is 292 g/mol. The normalized spacial score (nSPS) is 10.3. The van der Waals surface area contributed by atoms with Gasteiger partial charge in [0.1, 0.15) is 11.3 Å². The maximum atomic E-state index is 11.4. The molecule has 0 saturated heterocycles. The van der Waals surface area contributed by atoms with Gasteiger partial charge in [0.05, 0.1) is 13.5 Å². The van der Waals surface area contributed by atoms with E-state index in [4.69, 9.17) is 21.4 Å². The maximum Gasteiger partial charge on any atom is 0.310 e. The van der Waals surface area contributed by atoms with Gasteiger partial charge in [-0.3, -0.25) is 9.59 Å². The molecule has 0 fully saturated rings. The van der Waals surface area contributed by atoms with Gasteiger partial charge in [0.15, 0.2) is 4.71 Å². The Balaban J connectivity index is 2.52. The molecule has 0 N–H and O–H groups in total. The van der Waals surface area contributed by atoms with E-state index in [1.807, 2.05) is 0 Å². The van der Waals surface area contributed by atoms with Crippen LogP contribution in [0.1, 0.15) is 12.5 Å². The fourth-order valence-corrected chi connectivity index (χ4v) is 2.05. The van der Waals surface area contributed by atoms with Gasteiger partial charge in [0, 0.05) is 18.4 Å². The highest BCUT2D eigenvalue weighted by atomic mass is 32.1. The van der Waals surface area contributed by atoms with Crippen molar-refractivity contribution in [1.29, 1.82) is 0 Å². The van der Waals surface area contributed by atoms with Gasteiger partial charge < -0.3 is 13.9 Å². The molecule has 5 nitrogen and oxygen atoms in total. The van der Waals surface area contributed by atoms with Crippen LogP contribution in [-0.4, -0.2) is 19.0 Å². The lowest BCUT2D eigenvalue weighted by molar-refractivity contribution is -0.139. The van der Waals surface area contributed by atoms with Crippen molar-refractivity contribution in [3.63, 3.8) is 0 Å². The molecule has 1 heterocycles. The Hall–Kier alpha value is -2.21. The quantitative estimate of drug-likeness (QED) is 0.492. The number of hydrogen-bond acceptors (Lipinski definition) is 6. The van der Waals surface area contributed by atoms with Crippen molar-refractivity contribution >= 4 is 35.1 Å². The van der Waals surface area contributed by atoms with Crippen LogP contribution in [0.4, 0.5) is 0 Å². The van der Waals surface area contributed by atoms with Crippen molar-refractivity contribution in [3.05, 3.63) is 34.5 Å². The molecule has 1 aromatic heterocycles. The molecule has 2 rings (SSSR count). The highest BCUT2D eigenvalue weighted by Gasteiger charge is 2.10. The van der Waals surface area contributed by atoms with Gasteiger partial charge in [-0.25, -0.2) is 0 Å². The van der Waals surface area contributed by atoms with E-state index < -0.39 is 5.97 Å². The molecule has 6 heteroatoms.